The molecule has 0 aliphatic rings. The van der Waals surface area contributed by atoms with Gasteiger partial charge in [0.05, 0.1) is 6.42 Å². The maximum absolute atomic E-state index is 12.1. The van der Waals surface area contributed by atoms with Crippen LogP contribution in [0.3, 0.4) is 0 Å². The maximum atomic E-state index is 12.1. The van der Waals surface area contributed by atoms with Crippen molar-refractivity contribution < 1.29 is 27.8 Å². The van der Waals surface area contributed by atoms with Gasteiger partial charge in [-0.05, 0) is 41.0 Å². The molecule has 2 aromatic rings. The van der Waals surface area contributed by atoms with Gasteiger partial charge in [-0.3, -0.25) is 4.79 Å². The molecule has 116 valence electrons. The van der Waals surface area contributed by atoms with Crippen LogP contribution in [0.25, 0.3) is 11.1 Å². The number of carboxylic acid groups (broad SMARTS) is 1. The van der Waals surface area contributed by atoms with Gasteiger partial charge in [0.25, 0.3) is 0 Å². The predicted molar refractivity (Wildman–Crippen MR) is 74.9 cm³/mol. The van der Waals surface area contributed by atoms with E-state index in [0.29, 0.717) is 21.7 Å². The van der Waals surface area contributed by atoms with E-state index < -0.39 is 12.3 Å². The Hall–Kier alpha value is -2.21. The summed E-state index contributed by atoms with van der Waals surface area (Å²) in [6.45, 7) is 0. The van der Waals surface area contributed by atoms with E-state index in [9.17, 15) is 18.0 Å². The lowest BCUT2D eigenvalue weighted by molar-refractivity contribution is -0.274. The molecule has 0 bridgehead atoms. The molecule has 0 saturated heterocycles. The van der Waals surface area contributed by atoms with Gasteiger partial charge in [0.1, 0.15) is 5.75 Å². The number of ether oxygens (including phenoxy) is 1. The van der Waals surface area contributed by atoms with Gasteiger partial charge in [-0.2, -0.15) is 0 Å². The number of carboxylic acids is 1. The van der Waals surface area contributed by atoms with Gasteiger partial charge in [0, 0.05) is 5.02 Å². The largest absolute Gasteiger partial charge is 0.573 e. The van der Waals surface area contributed by atoms with Crippen molar-refractivity contribution in [1.82, 2.24) is 0 Å². The molecular weight excluding hydrogens is 321 g/mol. The molecule has 0 atom stereocenters. The molecule has 0 saturated carbocycles. The van der Waals surface area contributed by atoms with E-state index in [2.05, 4.69) is 4.74 Å². The normalized spacial score (nSPS) is 11.3. The summed E-state index contributed by atoms with van der Waals surface area (Å²) < 4.78 is 40.1. The zero-order valence-electron chi connectivity index (χ0n) is 11.0. The molecule has 0 aromatic heterocycles. The molecule has 0 unspecified atom stereocenters. The molecule has 0 aliphatic heterocycles. The highest BCUT2D eigenvalue weighted by molar-refractivity contribution is 6.31. The fourth-order valence-corrected chi connectivity index (χ4v) is 2.09. The summed E-state index contributed by atoms with van der Waals surface area (Å²) in [7, 11) is 0. The Labute approximate surface area is 128 Å². The Morgan fingerprint density at radius 3 is 2.23 bits per heavy atom. The van der Waals surface area contributed by atoms with Crippen LogP contribution < -0.4 is 4.74 Å². The molecule has 2 aromatic carbocycles. The number of aliphatic carboxylic acids is 1. The van der Waals surface area contributed by atoms with Crippen molar-refractivity contribution in [2.75, 3.05) is 0 Å². The molecule has 0 fully saturated rings. The van der Waals surface area contributed by atoms with Crippen LogP contribution in [-0.2, 0) is 11.2 Å². The van der Waals surface area contributed by atoms with Crippen LogP contribution in [0.15, 0.2) is 42.5 Å². The second kappa shape index (κ2) is 6.27. The highest BCUT2D eigenvalue weighted by Crippen LogP contribution is 2.29. The van der Waals surface area contributed by atoms with E-state index in [4.69, 9.17) is 16.7 Å². The van der Waals surface area contributed by atoms with E-state index in [-0.39, 0.29) is 12.2 Å². The molecule has 7 heteroatoms. The number of hydrogen-bond donors (Lipinski definition) is 1. The van der Waals surface area contributed by atoms with Crippen molar-refractivity contribution in [2.24, 2.45) is 0 Å². The van der Waals surface area contributed by atoms with Gasteiger partial charge in [-0.15, -0.1) is 13.2 Å². The zero-order chi connectivity index (χ0) is 16.3. The minimum atomic E-state index is -4.74. The maximum Gasteiger partial charge on any atom is 0.573 e. The van der Waals surface area contributed by atoms with Crippen LogP contribution in [0.4, 0.5) is 13.2 Å². The summed E-state index contributed by atoms with van der Waals surface area (Å²) in [5.74, 6) is -1.34. The van der Waals surface area contributed by atoms with Crippen molar-refractivity contribution in [3.05, 3.63) is 53.1 Å². The fraction of sp³-hybridized carbons (Fsp3) is 0.133. The number of carbonyl (C=O) groups is 1. The van der Waals surface area contributed by atoms with Crippen molar-refractivity contribution in [3.63, 3.8) is 0 Å². The first-order valence-corrected chi connectivity index (χ1v) is 6.49. The third-order valence-electron chi connectivity index (χ3n) is 2.81. The van der Waals surface area contributed by atoms with Crippen molar-refractivity contribution >= 4 is 17.6 Å². The van der Waals surface area contributed by atoms with Crippen LogP contribution in [0.5, 0.6) is 5.75 Å². The Balaban J connectivity index is 2.26. The van der Waals surface area contributed by atoms with Gasteiger partial charge in [0.2, 0.25) is 0 Å². The van der Waals surface area contributed by atoms with Crippen LogP contribution in [0.2, 0.25) is 5.02 Å². The third-order valence-corrected chi connectivity index (χ3v) is 3.18. The lowest BCUT2D eigenvalue weighted by atomic mass is 10.0. The molecule has 1 N–H and O–H groups in total. The van der Waals surface area contributed by atoms with Gasteiger partial charge in [-0.25, -0.2) is 0 Å². The standard InChI is InChI=1S/C15H10ClF3O3/c16-13-6-3-10(7-11(13)8-14(20)21)9-1-4-12(5-2-9)22-15(17,18)19/h1-7H,8H2,(H,20,21). The minimum Gasteiger partial charge on any atom is -0.481 e. The summed E-state index contributed by atoms with van der Waals surface area (Å²) in [5, 5.41) is 9.14. The Morgan fingerprint density at radius 1 is 1.09 bits per heavy atom. The molecule has 0 radical (unpaired) electrons. The van der Waals surface area contributed by atoms with E-state index in [1.807, 2.05) is 0 Å². The Kier molecular flexibility index (Phi) is 4.61. The van der Waals surface area contributed by atoms with E-state index in [0.717, 1.165) is 0 Å². The molecule has 3 nitrogen and oxygen atoms in total. The number of rotatable bonds is 4. The van der Waals surface area contributed by atoms with Crippen LogP contribution in [-0.4, -0.2) is 17.4 Å². The molecule has 2 rings (SSSR count). The van der Waals surface area contributed by atoms with Gasteiger partial charge >= 0.3 is 12.3 Å². The summed E-state index contributed by atoms with van der Waals surface area (Å²) >= 11 is 5.92. The molecule has 0 heterocycles. The van der Waals surface area contributed by atoms with Crippen LogP contribution >= 0.6 is 11.6 Å². The van der Waals surface area contributed by atoms with Crippen molar-refractivity contribution in [1.29, 1.82) is 0 Å². The van der Waals surface area contributed by atoms with E-state index in [1.165, 1.54) is 24.3 Å². The lowest BCUT2D eigenvalue weighted by Crippen LogP contribution is -2.16. The summed E-state index contributed by atoms with van der Waals surface area (Å²) in [4.78, 5) is 10.8. The minimum absolute atomic E-state index is 0.234. The summed E-state index contributed by atoms with van der Waals surface area (Å²) in [6, 6.07) is 10.1. The quantitative estimate of drug-likeness (QED) is 0.895. The highest BCUT2D eigenvalue weighted by Gasteiger charge is 2.30. The first-order valence-electron chi connectivity index (χ1n) is 6.11. The summed E-state index contributed by atoms with van der Waals surface area (Å²) in [6.07, 6.45) is -4.97. The fourth-order valence-electron chi connectivity index (χ4n) is 1.90. The molecule has 22 heavy (non-hydrogen) atoms. The SMILES string of the molecule is O=C(O)Cc1cc(-c2ccc(OC(F)(F)F)cc2)ccc1Cl. The second-order valence-electron chi connectivity index (χ2n) is 4.45. The topological polar surface area (TPSA) is 46.5 Å². The molecular formula is C15H10ClF3O3. The van der Waals surface area contributed by atoms with Crippen LogP contribution in [0, 0.1) is 0 Å². The Bertz CT molecular complexity index is 681. The third kappa shape index (κ3) is 4.39. The number of benzene rings is 2. The second-order valence-corrected chi connectivity index (χ2v) is 4.86. The van der Waals surface area contributed by atoms with Gasteiger partial charge in [0.15, 0.2) is 0 Å². The Morgan fingerprint density at radius 2 is 1.68 bits per heavy atom. The highest BCUT2D eigenvalue weighted by atomic mass is 35.5. The number of alkyl halides is 3. The average Bonchev–Trinajstić information content (AvgIpc) is 2.40. The van der Waals surface area contributed by atoms with Gasteiger partial charge < -0.3 is 9.84 Å². The average molecular weight is 331 g/mol. The monoisotopic (exact) mass is 330 g/mol. The van der Waals surface area contributed by atoms with Crippen LogP contribution in [0.1, 0.15) is 5.56 Å². The smallest absolute Gasteiger partial charge is 0.481 e. The van der Waals surface area contributed by atoms with Gasteiger partial charge in [-0.1, -0.05) is 29.8 Å². The van der Waals surface area contributed by atoms with Crippen molar-refractivity contribution in [2.45, 2.75) is 12.8 Å². The lowest BCUT2D eigenvalue weighted by Gasteiger charge is -2.10. The summed E-state index contributed by atoms with van der Waals surface area (Å²) in [5.41, 5.74) is 1.71. The number of halogens is 4. The molecule has 0 amide bonds. The predicted octanol–water partition coefficient (Wildman–Crippen LogP) is 4.53. The van der Waals surface area contributed by atoms with E-state index in [1.54, 1.807) is 18.2 Å². The zero-order valence-corrected chi connectivity index (χ0v) is 11.8. The number of hydrogen-bond acceptors (Lipinski definition) is 2. The molecule has 0 spiro atoms. The molecule has 0 aliphatic carbocycles. The van der Waals surface area contributed by atoms with E-state index >= 15 is 0 Å². The van der Waals surface area contributed by atoms with Crippen molar-refractivity contribution in [3.8, 4) is 16.9 Å². The first-order chi connectivity index (χ1) is 10.2. The first kappa shape index (κ1) is 16.2.